The van der Waals surface area contributed by atoms with Gasteiger partial charge in [-0.2, -0.15) is 18.3 Å². The van der Waals surface area contributed by atoms with Crippen LogP contribution in [0.25, 0.3) is 16.8 Å². The normalized spacial score (nSPS) is 11.7. The van der Waals surface area contributed by atoms with Crippen molar-refractivity contribution < 1.29 is 37.0 Å². The van der Waals surface area contributed by atoms with Crippen molar-refractivity contribution in [2.75, 3.05) is 5.32 Å². The lowest BCUT2D eigenvalue weighted by Gasteiger charge is -2.20. The van der Waals surface area contributed by atoms with E-state index in [1.165, 1.54) is 18.2 Å². The van der Waals surface area contributed by atoms with Crippen LogP contribution in [0.4, 0.5) is 28.0 Å². The van der Waals surface area contributed by atoms with Crippen molar-refractivity contribution in [2.24, 2.45) is 0 Å². The summed E-state index contributed by atoms with van der Waals surface area (Å²) in [5.41, 5.74) is -0.970. The molecule has 1 aromatic heterocycles. The third-order valence-electron chi connectivity index (χ3n) is 5.98. The second kappa shape index (κ2) is 12.0. The zero-order valence-electron chi connectivity index (χ0n) is 22.9. The highest BCUT2D eigenvalue weighted by atomic mass is 19.4. The van der Waals surface area contributed by atoms with E-state index < -0.39 is 41.0 Å². The van der Waals surface area contributed by atoms with Crippen molar-refractivity contribution in [3.05, 3.63) is 101 Å². The molecule has 0 aliphatic heterocycles. The van der Waals surface area contributed by atoms with Crippen LogP contribution in [0.1, 0.15) is 48.1 Å². The number of benzene rings is 3. The van der Waals surface area contributed by atoms with Gasteiger partial charge in [-0.15, -0.1) is 0 Å². The molecule has 0 aliphatic rings. The Hall–Kier alpha value is -4.71. The van der Waals surface area contributed by atoms with Crippen molar-refractivity contribution >= 4 is 17.7 Å². The Morgan fingerprint density at radius 1 is 0.929 bits per heavy atom. The molecule has 0 spiro atoms. The number of carbonyl (C=O) groups excluding carboxylic acids is 2. The number of amides is 2. The summed E-state index contributed by atoms with van der Waals surface area (Å²) in [6.07, 6.45) is -5.60. The summed E-state index contributed by atoms with van der Waals surface area (Å²) in [5, 5.41) is 18.2. The number of aliphatic hydroxyl groups excluding tert-OH is 1. The highest BCUT2D eigenvalue weighted by Gasteiger charge is 2.36. The molecule has 3 aromatic carbocycles. The van der Waals surface area contributed by atoms with E-state index in [1.807, 2.05) is 0 Å². The number of hydrogen-bond acceptors (Lipinski definition) is 5. The molecule has 8 nitrogen and oxygen atoms in total. The van der Waals surface area contributed by atoms with Gasteiger partial charge in [0.2, 0.25) is 0 Å². The minimum absolute atomic E-state index is 0.0103. The molecular formula is C30H28F4N4O4. The van der Waals surface area contributed by atoms with Crippen molar-refractivity contribution in [1.29, 1.82) is 0 Å². The molecule has 0 bridgehead atoms. The standard InChI is InChI=1S/C30H28F4N4O4/c1-29(2,3)42-28(41)35-16-18-8-5-7-11-24(18)38-25(15-26(37-38)30(32,33)34)27(40)36-20-12-13-22(23(31)14-20)21-10-6-4-9-19(21)17-39/h4-15,39H,16-17H2,1-3H3,(H,35,41)(H,36,40). The number of rotatable bonds is 7. The van der Waals surface area contributed by atoms with Gasteiger partial charge in [-0.3, -0.25) is 4.79 Å². The minimum atomic E-state index is -4.86. The molecule has 3 N–H and O–H groups in total. The lowest BCUT2D eigenvalue weighted by Crippen LogP contribution is -2.32. The fourth-order valence-electron chi connectivity index (χ4n) is 4.14. The SMILES string of the molecule is CC(C)(C)OC(=O)NCc1ccccc1-n1nc(C(F)(F)F)cc1C(=O)Nc1ccc(-c2ccccc2CO)c(F)c1. The third-order valence-corrected chi connectivity index (χ3v) is 5.98. The van der Waals surface area contributed by atoms with Crippen LogP contribution in [0.3, 0.4) is 0 Å². The Bertz CT molecular complexity index is 1610. The fourth-order valence-corrected chi connectivity index (χ4v) is 4.14. The van der Waals surface area contributed by atoms with Crippen LogP contribution >= 0.6 is 0 Å². The Kier molecular flexibility index (Phi) is 8.67. The molecule has 0 radical (unpaired) electrons. The number of aromatic nitrogens is 2. The van der Waals surface area contributed by atoms with Crippen molar-refractivity contribution in [1.82, 2.24) is 15.1 Å². The van der Waals surface area contributed by atoms with Crippen molar-refractivity contribution in [3.8, 4) is 16.8 Å². The maximum Gasteiger partial charge on any atom is 0.435 e. The van der Waals surface area contributed by atoms with E-state index in [9.17, 15) is 27.9 Å². The van der Waals surface area contributed by atoms with E-state index in [0.717, 1.165) is 10.7 Å². The molecule has 42 heavy (non-hydrogen) atoms. The number of nitrogens with one attached hydrogen (secondary N) is 2. The van der Waals surface area contributed by atoms with Crippen LogP contribution in [-0.4, -0.2) is 32.5 Å². The van der Waals surface area contributed by atoms with E-state index in [-0.39, 0.29) is 30.1 Å². The van der Waals surface area contributed by atoms with Gasteiger partial charge < -0.3 is 20.5 Å². The number of alkyl halides is 3. The van der Waals surface area contributed by atoms with E-state index in [1.54, 1.807) is 63.2 Å². The van der Waals surface area contributed by atoms with Gasteiger partial charge in [0.1, 0.15) is 17.1 Å². The number of hydrogen-bond donors (Lipinski definition) is 3. The number of ether oxygens (including phenoxy) is 1. The Morgan fingerprint density at radius 2 is 1.60 bits per heavy atom. The van der Waals surface area contributed by atoms with Crippen LogP contribution in [0, 0.1) is 5.82 Å². The Morgan fingerprint density at radius 3 is 2.24 bits per heavy atom. The molecule has 12 heteroatoms. The highest BCUT2D eigenvalue weighted by Crippen LogP contribution is 2.32. The summed E-state index contributed by atoms with van der Waals surface area (Å²) in [4.78, 5) is 25.4. The molecule has 0 atom stereocenters. The summed E-state index contributed by atoms with van der Waals surface area (Å²) in [5.74, 6) is -1.69. The van der Waals surface area contributed by atoms with Gasteiger partial charge in [-0.25, -0.2) is 13.9 Å². The number of halogens is 4. The second-order valence-electron chi connectivity index (χ2n) is 10.3. The molecule has 1 heterocycles. The molecule has 0 saturated carbocycles. The van der Waals surface area contributed by atoms with E-state index in [0.29, 0.717) is 22.8 Å². The van der Waals surface area contributed by atoms with Gasteiger partial charge in [-0.05, 0) is 61.7 Å². The van der Waals surface area contributed by atoms with Gasteiger partial charge in [0.25, 0.3) is 5.91 Å². The number of para-hydroxylation sites is 1. The summed E-state index contributed by atoms with van der Waals surface area (Å²) in [6.45, 7) is 4.60. The first-order valence-electron chi connectivity index (χ1n) is 12.8. The minimum Gasteiger partial charge on any atom is -0.444 e. The van der Waals surface area contributed by atoms with E-state index in [4.69, 9.17) is 4.74 Å². The predicted molar refractivity (Wildman–Crippen MR) is 147 cm³/mol. The van der Waals surface area contributed by atoms with Gasteiger partial charge >= 0.3 is 12.3 Å². The van der Waals surface area contributed by atoms with Crippen LogP contribution in [-0.2, 0) is 24.1 Å². The molecule has 0 saturated heterocycles. The number of anilines is 1. The zero-order valence-corrected chi connectivity index (χ0v) is 22.9. The molecule has 4 aromatic rings. The number of aliphatic hydroxyl groups is 1. The summed E-state index contributed by atoms with van der Waals surface area (Å²) < 4.78 is 62.1. The smallest absolute Gasteiger partial charge is 0.435 e. The summed E-state index contributed by atoms with van der Waals surface area (Å²) >= 11 is 0. The third kappa shape index (κ3) is 7.13. The quantitative estimate of drug-likeness (QED) is 0.216. The van der Waals surface area contributed by atoms with Crippen LogP contribution in [0.15, 0.2) is 72.8 Å². The number of alkyl carbamates (subject to hydrolysis) is 1. The Balaban J connectivity index is 1.65. The van der Waals surface area contributed by atoms with Crippen LogP contribution in [0.5, 0.6) is 0 Å². The monoisotopic (exact) mass is 584 g/mol. The van der Waals surface area contributed by atoms with Gasteiger partial charge in [0.15, 0.2) is 5.69 Å². The molecule has 220 valence electrons. The van der Waals surface area contributed by atoms with E-state index in [2.05, 4.69) is 15.7 Å². The largest absolute Gasteiger partial charge is 0.444 e. The zero-order chi connectivity index (χ0) is 30.7. The lowest BCUT2D eigenvalue weighted by molar-refractivity contribution is -0.141. The maximum atomic E-state index is 15.1. The molecule has 0 unspecified atom stereocenters. The molecule has 2 amide bonds. The van der Waals surface area contributed by atoms with Gasteiger partial charge in [0.05, 0.1) is 12.3 Å². The average Bonchev–Trinajstić information content (AvgIpc) is 3.38. The fraction of sp³-hybridized carbons (Fsp3) is 0.233. The number of nitrogens with zero attached hydrogens (tertiary/aromatic N) is 2. The molecule has 0 aliphatic carbocycles. The second-order valence-corrected chi connectivity index (χ2v) is 10.3. The van der Waals surface area contributed by atoms with Gasteiger partial charge in [0, 0.05) is 23.9 Å². The first-order chi connectivity index (χ1) is 19.8. The van der Waals surface area contributed by atoms with Gasteiger partial charge in [-0.1, -0.05) is 42.5 Å². The average molecular weight is 585 g/mol. The molecule has 4 rings (SSSR count). The van der Waals surface area contributed by atoms with Crippen LogP contribution < -0.4 is 10.6 Å². The number of carbonyl (C=O) groups is 2. The first kappa shape index (κ1) is 30.3. The van der Waals surface area contributed by atoms with Crippen molar-refractivity contribution in [2.45, 2.75) is 45.7 Å². The Labute approximate surface area is 238 Å². The molecular weight excluding hydrogens is 556 g/mol. The topological polar surface area (TPSA) is 105 Å². The lowest BCUT2D eigenvalue weighted by atomic mass is 9.99. The molecule has 0 fully saturated rings. The summed E-state index contributed by atoms with van der Waals surface area (Å²) in [6, 6.07) is 17.2. The van der Waals surface area contributed by atoms with E-state index >= 15 is 4.39 Å². The maximum absolute atomic E-state index is 15.1. The first-order valence-corrected chi connectivity index (χ1v) is 12.8. The summed E-state index contributed by atoms with van der Waals surface area (Å²) in [7, 11) is 0. The highest BCUT2D eigenvalue weighted by molar-refractivity contribution is 6.03. The van der Waals surface area contributed by atoms with Crippen LogP contribution in [0.2, 0.25) is 0 Å². The predicted octanol–water partition coefficient (Wildman–Crippen LogP) is 6.47. The van der Waals surface area contributed by atoms with Crippen molar-refractivity contribution in [3.63, 3.8) is 0 Å².